The molecule has 0 saturated heterocycles. The van der Waals surface area contributed by atoms with Gasteiger partial charge in [0.1, 0.15) is 0 Å². The number of allylic oxidation sites excluding steroid dienone is 2. The van der Waals surface area contributed by atoms with Crippen LogP contribution in [0.1, 0.15) is 12.5 Å². The lowest BCUT2D eigenvalue weighted by Crippen LogP contribution is -2.07. The Hall–Kier alpha value is -2.13. The van der Waals surface area contributed by atoms with Gasteiger partial charge in [0, 0.05) is 0 Å². The quantitative estimate of drug-likeness (QED) is 0.778. The van der Waals surface area contributed by atoms with Crippen LogP contribution in [0.5, 0.6) is 0 Å². The third-order valence-corrected chi connectivity index (χ3v) is 4.81. The molecule has 0 bridgehead atoms. The molecule has 0 saturated carbocycles. The molecule has 2 aromatic rings. The highest BCUT2D eigenvalue weighted by atomic mass is 32.2. The maximum Gasteiger partial charge on any atom is 0.182 e. The highest BCUT2D eigenvalue weighted by Gasteiger charge is 2.13. The Bertz CT molecular complexity index is 727. The van der Waals surface area contributed by atoms with Crippen LogP contribution in [0.3, 0.4) is 0 Å². The average molecular weight is 298 g/mol. The van der Waals surface area contributed by atoms with Gasteiger partial charge in [-0.25, -0.2) is 8.42 Å². The number of hydrogen-bond acceptors (Lipinski definition) is 2. The van der Waals surface area contributed by atoms with Crippen LogP contribution in [0.25, 0.3) is 6.08 Å². The lowest BCUT2D eigenvalue weighted by Gasteiger charge is -2.03. The molecule has 0 heterocycles. The molecule has 2 rings (SSSR count). The van der Waals surface area contributed by atoms with Gasteiger partial charge in [-0.3, -0.25) is 0 Å². The summed E-state index contributed by atoms with van der Waals surface area (Å²) in [5.74, 6) is 0.0378. The zero-order valence-electron chi connectivity index (χ0n) is 11.9. The molecular weight excluding hydrogens is 280 g/mol. The molecule has 108 valence electrons. The van der Waals surface area contributed by atoms with E-state index in [-0.39, 0.29) is 5.75 Å². The SMILES string of the molecule is CC(=CC=Cc1ccccc1)CS(=O)(=O)c1ccccc1. The molecule has 0 aromatic heterocycles. The second-order valence-electron chi connectivity index (χ2n) is 4.85. The van der Waals surface area contributed by atoms with Gasteiger partial charge >= 0.3 is 0 Å². The molecule has 0 amide bonds. The van der Waals surface area contributed by atoms with E-state index in [2.05, 4.69) is 0 Å². The zero-order valence-corrected chi connectivity index (χ0v) is 12.8. The van der Waals surface area contributed by atoms with E-state index in [0.29, 0.717) is 4.90 Å². The van der Waals surface area contributed by atoms with E-state index < -0.39 is 9.84 Å². The van der Waals surface area contributed by atoms with Crippen LogP contribution in [0.4, 0.5) is 0 Å². The van der Waals surface area contributed by atoms with Gasteiger partial charge in [-0.2, -0.15) is 0 Å². The Morgan fingerprint density at radius 1 is 0.952 bits per heavy atom. The van der Waals surface area contributed by atoms with Crippen LogP contribution in [-0.4, -0.2) is 14.2 Å². The van der Waals surface area contributed by atoms with Crippen molar-refractivity contribution in [2.45, 2.75) is 11.8 Å². The highest BCUT2D eigenvalue weighted by Crippen LogP contribution is 2.13. The summed E-state index contributed by atoms with van der Waals surface area (Å²) in [6.07, 6.45) is 5.68. The molecule has 0 atom stereocenters. The monoisotopic (exact) mass is 298 g/mol. The fraction of sp³-hybridized carbons (Fsp3) is 0.111. The van der Waals surface area contributed by atoms with Crippen molar-refractivity contribution in [2.75, 3.05) is 5.75 Å². The third kappa shape index (κ3) is 4.72. The van der Waals surface area contributed by atoms with Crippen molar-refractivity contribution in [3.05, 3.63) is 84.0 Å². The van der Waals surface area contributed by atoms with E-state index in [1.165, 1.54) is 0 Å². The maximum atomic E-state index is 12.2. The van der Waals surface area contributed by atoms with Gasteiger partial charge in [-0.15, -0.1) is 0 Å². The molecule has 0 aliphatic heterocycles. The molecule has 0 fully saturated rings. The first-order chi connectivity index (χ1) is 10.1. The fourth-order valence-corrected chi connectivity index (χ4v) is 3.38. The molecule has 21 heavy (non-hydrogen) atoms. The normalized spacial score (nSPS) is 12.7. The molecule has 0 aliphatic rings. The van der Waals surface area contributed by atoms with Gasteiger partial charge in [0.25, 0.3) is 0 Å². The summed E-state index contributed by atoms with van der Waals surface area (Å²) in [5.41, 5.74) is 1.90. The second kappa shape index (κ2) is 7.04. The molecular formula is C18H18O2S. The largest absolute Gasteiger partial charge is 0.223 e. The minimum absolute atomic E-state index is 0.0378. The summed E-state index contributed by atoms with van der Waals surface area (Å²) in [5, 5.41) is 0. The predicted molar refractivity (Wildman–Crippen MR) is 87.7 cm³/mol. The number of sulfone groups is 1. The van der Waals surface area contributed by atoms with Crippen molar-refractivity contribution < 1.29 is 8.42 Å². The van der Waals surface area contributed by atoms with E-state index in [1.54, 1.807) is 24.3 Å². The van der Waals surface area contributed by atoms with Gasteiger partial charge in [-0.1, -0.05) is 72.3 Å². The van der Waals surface area contributed by atoms with E-state index in [9.17, 15) is 8.42 Å². The first-order valence-electron chi connectivity index (χ1n) is 6.75. The second-order valence-corrected chi connectivity index (χ2v) is 6.84. The summed E-state index contributed by atoms with van der Waals surface area (Å²) >= 11 is 0. The Kier molecular flexibility index (Phi) is 5.12. The molecule has 3 heteroatoms. The van der Waals surface area contributed by atoms with Gasteiger partial charge in [-0.05, 0) is 24.6 Å². The minimum Gasteiger partial charge on any atom is -0.223 e. The smallest absolute Gasteiger partial charge is 0.182 e. The number of benzene rings is 2. The van der Waals surface area contributed by atoms with Crippen LogP contribution in [0.15, 0.2) is 83.3 Å². The van der Waals surface area contributed by atoms with E-state index in [0.717, 1.165) is 11.1 Å². The van der Waals surface area contributed by atoms with E-state index in [4.69, 9.17) is 0 Å². The number of hydrogen-bond donors (Lipinski definition) is 0. The molecule has 0 N–H and O–H groups in total. The van der Waals surface area contributed by atoms with Crippen molar-refractivity contribution in [1.82, 2.24) is 0 Å². The molecule has 0 aliphatic carbocycles. The van der Waals surface area contributed by atoms with E-state index >= 15 is 0 Å². The van der Waals surface area contributed by atoms with Crippen LogP contribution in [0.2, 0.25) is 0 Å². The van der Waals surface area contributed by atoms with Crippen molar-refractivity contribution in [3.63, 3.8) is 0 Å². The van der Waals surface area contributed by atoms with Gasteiger partial charge in [0.15, 0.2) is 9.84 Å². The van der Waals surface area contributed by atoms with Crippen molar-refractivity contribution in [2.24, 2.45) is 0 Å². The lowest BCUT2D eigenvalue weighted by atomic mass is 10.2. The zero-order chi connectivity index (χ0) is 15.1. The molecule has 0 unspecified atom stereocenters. The summed E-state index contributed by atoms with van der Waals surface area (Å²) in [4.78, 5) is 0.366. The van der Waals surface area contributed by atoms with Crippen LogP contribution < -0.4 is 0 Å². The lowest BCUT2D eigenvalue weighted by molar-refractivity contribution is 0.598. The van der Waals surface area contributed by atoms with Crippen molar-refractivity contribution in [1.29, 1.82) is 0 Å². The number of rotatable bonds is 5. The Morgan fingerprint density at radius 2 is 1.52 bits per heavy atom. The Morgan fingerprint density at radius 3 is 2.14 bits per heavy atom. The maximum absolute atomic E-state index is 12.2. The van der Waals surface area contributed by atoms with Crippen LogP contribution in [0, 0.1) is 0 Å². The highest BCUT2D eigenvalue weighted by molar-refractivity contribution is 7.91. The topological polar surface area (TPSA) is 34.1 Å². The molecule has 2 nitrogen and oxygen atoms in total. The van der Waals surface area contributed by atoms with Gasteiger partial charge < -0.3 is 0 Å². The first-order valence-corrected chi connectivity index (χ1v) is 8.40. The summed E-state index contributed by atoms with van der Waals surface area (Å²) < 4.78 is 24.4. The summed E-state index contributed by atoms with van der Waals surface area (Å²) in [6, 6.07) is 18.4. The standard InChI is InChI=1S/C18H18O2S/c1-16(9-8-12-17-10-4-2-5-11-17)15-21(19,20)18-13-6-3-7-14-18/h2-14H,15H2,1H3. The molecule has 0 radical (unpaired) electrons. The summed E-state index contributed by atoms with van der Waals surface area (Å²) in [6.45, 7) is 1.83. The Labute approximate surface area is 126 Å². The Balaban J connectivity index is 2.06. The predicted octanol–water partition coefficient (Wildman–Crippen LogP) is 4.12. The van der Waals surface area contributed by atoms with Gasteiger partial charge in [0.2, 0.25) is 0 Å². The minimum atomic E-state index is -3.26. The van der Waals surface area contributed by atoms with Crippen LogP contribution in [-0.2, 0) is 9.84 Å². The fourth-order valence-electron chi connectivity index (χ4n) is 1.95. The third-order valence-electron chi connectivity index (χ3n) is 2.99. The first kappa shape index (κ1) is 15.3. The van der Waals surface area contributed by atoms with Gasteiger partial charge in [0.05, 0.1) is 10.6 Å². The summed E-state index contributed by atoms with van der Waals surface area (Å²) in [7, 11) is -3.26. The van der Waals surface area contributed by atoms with E-state index in [1.807, 2.05) is 61.5 Å². The molecule has 2 aromatic carbocycles. The van der Waals surface area contributed by atoms with Crippen molar-refractivity contribution >= 4 is 15.9 Å². The van der Waals surface area contributed by atoms with Crippen LogP contribution >= 0.6 is 0 Å². The molecule has 0 spiro atoms. The van der Waals surface area contributed by atoms with Crippen molar-refractivity contribution in [3.8, 4) is 0 Å². The average Bonchev–Trinajstić information content (AvgIpc) is 2.49.